The number of fused-ring (bicyclic) bond motifs is 1. The molecule has 2 aromatic carbocycles. The number of aromatic nitrogens is 1. The van der Waals surface area contributed by atoms with Crippen LogP contribution in [0.25, 0.3) is 10.9 Å². The van der Waals surface area contributed by atoms with Gasteiger partial charge >= 0.3 is 0 Å². The van der Waals surface area contributed by atoms with E-state index in [0.29, 0.717) is 37.9 Å². The topological polar surface area (TPSA) is 82.0 Å². The summed E-state index contributed by atoms with van der Waals surface area (Å²) in [6.45, 7) is 3.57. The molecule has 1 saturated heterocycles. The Kier molecular flexibility index (Phi) is 10.2. The van der Waals surface area contributed by atoms with E-state index in [0.717, 1.165) is 66.4 Å². The summed E-state index contributed by atoms with van der Waals surface area (Å²) in [5.74, 6) is 0.602. The van der Waals surface area contributed by atoms with Gasteiger partial charge in [-0.3, -0.25) is 9.59 Å². The number of methoxy groups -OCH3 is 2. The van der Waals surface area contributed by atoms with Gasteiger partial charge in [0.05, 0.1) is 18.0 Å². The van der Waals surface area contributed by atoms with Crippen molar-refractivity contribution in [3.8, 4) is 5.75 Å². The van der Waals surface area contributed by atoms with Crippen LogP contribution in [0.3, 0.4) is 0 Å². The fourth-order valence-corrected chi connectivity index (χ4v) is 6.31. The monoisotopic (exact) mass is 595 g/mol. The van der Waals surface area contributed by atoms with Crippen molar-refractivity contribution in [2.24, 2.45) is 13.0 Å². The lowest BCUT2D eigenvalue weighted by Crippen LogP contribution is -2.47. The van der Waals surface area contributed by atoms with Crippen LogP contribution >= 0.6 is 11.6 Å². The lowest BCUT2D eigenvalue weighted by molar-refractivity contribution is -0.138. The molecule has 42 heavy (non-hydrogen) atoms. The molecule has 2 heterocycles. The maximum absolute atomic E-state index is 14.4. The van der Waals surface area contributed by atoms with Crippen molar-refractivity contribution in [1.29, 1.82) is 0 Å². The summed E-state index contributed by atoms with van der Waals surface area (Å²) < 4.78 is 18.1. The van der Waals surface area contributed by atoms with E-state index in [9.17, 15) is 9.59 Å². The minimum atomic E-state index is -0.271. The second-order valence-electron chi connectivity index (χ2n) is 11.5. The van der Waals surface area contributed by atoms with Crippen molar-refractivity contribution in [2.45, 2.75) is 50.6 Å². The fourth-order valence-electron chi connectivity index (χ4n) is 6.14. The molecule has 2 fully saturated rings. The third-order valence-corrected chi connectivity index (χ3v) is 8.70. The van der Waals surface area contributed by atoms with Crippen LogP contribution in [0.15, 0.2) is 47.3 Å². The van der Waals surface area contributed by atoms with Gasteiger partial charge in [-0.15, -0.1) is 0 Å². The van der Waals surface area contributed by atoms with Crippen molar-refractivity contribution < 1.29 is 19.0 Å². The summed E-state index contributed by atoms with van der Waals surface area (Å²) in [5.41, 5.74) is 3.87. The standard InChI is InChI=1S/C33H42ClN3O5/c1-36-31-18-24(34)6-9-28(31)29(19-32(36)38)27-10-11-35-20-30(27)33(39)37(25-7-8-25)21-23-15-22(5-4-12-40-2)16-26(17-23)42-14-13-41-3/h6,9,15-19,25,27,30,35H,4-5,7-8,10-14,20-21H2,1-3H3. The minimum absolute atomic E-state index is 0.0640. The molecule has 2 aliphatic rings. The zero-order valence-electron chi connectivity index (χ0n) is 24.9. The number of ether oxygens (including phenoxy) is 3. The number of hydrogen-bond acceptors (Lipinski definition) is 6. The average Bonchev–Trinajstić information content (AvgIpc) is 3.83. The molecule has 1 amide bonds. The first-order valence-corrected chi connectivity index (χ1v) is 15.3. The highest BCUT2D eigenvalue weighted by atomic mass is 35.5. The molecule has 8 nitrogen and oxygen atoms in total. The van der Waals surface area contributed by atoms with Gasteiger partial charge in [0.15, 0.2) is 0 Å². The third kappa shape index (κ3) is 7.17. The quantitative estimate of drug-likeness (QED) is 0.289. The van der Waals surface area contributed by atoms with Gasteiger partial charge in [-0.05, 0) is 85.5 Å². The van der Waals surface area contributed by atoms with E-state index in [1.54, 1.807) is 31.9 Å². The van der Waals surface area contributed by atoms with Crippen molar-refractivity contribution in [3.63, 3.8) is 0 Å². The van der Waals surface area contributed by atoms with Gasteiger partial charge in [-0.25, -0.2) is 0 Å². The number of carbonyl (C=O) groups excluding carboxylic acids is 1. The average molecular weight is 596 g/mol. The maximum atomic E-state index is 14.4. The second kappa shape index (κ2) is 14.0. The summed E-state index contributed by atoms with van der Waals surface area (Å²) in [6, 6.07) is 13.9. The summed E-state index contributed by atoms with van der Waals surface area (Å²) in [6.07, 6.45) is 4.58. The number of pyridine rings is 1. The molecular weight excluding hydrogens is 554 g/mol. The zero-order valence-corrected chi connectivity index (χ0v) is 25.6. The van der Waals surface area contributed by atoms with E-state index in [1.165, 1.54) is 5.56 Å². The largest absolute Gasteiger partial charge is 0.491 e. The van der Waals surface area contributed by atoms with E-state index in [-0.39, 0.29) is 29.3 Å². The van der Waals surface area contributed by atoms with Crippen molar-refractivity contribution in [1.82, 2.24) is 14.8 Å². The summed E-state index contributed by atoms with van der Waals surface area (Å²) in [7, 11) is 5.14. The zero-order chi connectivity index (χ0) is 29.6. The van der Waals surface area contributed by atoms with Gasteiger partial charge in [0.25, 0.3) is 5.56 Å². The summed E-state index contributed by atoms with van der Waals surface area (Å²) >= 11 is 6.31. The Labute approximate surface area is 252 Å². The molecule has 0 bridgehead atoms. The first-order valence-electron chi connectivity index (χ1n) is 14.9. The van der Waals surface area contributed by atoms with Gasteiger partial charge in [0.1, 0.15) is 12.4 Å². The summed E-state index contributed by atoms with van der Waals surface area (Å²) in [5, 5.41) is 5.02. The first-order chi connectivity index (χ1) is 20.4. The van der Waals surface area contributed by atoms with Crippen LogP contribution in [0.4, 0.5) is 0 Å². The van der Waals surface area contributed by atoms with Crippen LogP contribution in [-0.4, -0.2) is 68.5 Å². The van der Waals surface area contributed by atoms with Crippen LogP contribution in [0.1, 0.15) is 48.3 Å². The molecule has 2 unspecified atom stereocenters. The van der Waals surface area contributed by atoms with Crippen LogP contribution in [0.2, 0.25) is 5.02 Å². The van der Waals surface area contributed by atoms with Gasteiger partial charge in [0.2, 0.25) is 5.91 Å². The van der Waals surface area contributed by atoms with Gasteiger partial charge in [-0.2, -0.15) is 0 Å². The molecular formula is C33H42ClN3O5. The number of benzene rings is 2. The number of piperidine rings is 1. The predicted octanol–water partition coefficient (Wildman–Crippen LogP) is 4.68. The van der Waals surface area contributed by atoms with Crippen LogP contribution in [-0.2, 0) is 34.3 Å². The molecule has 1 aliphatic heterocycles. The smallest absolute Gasteiger partial charge is 0.251 e. The highest BCUT2D eigenvalue weighted by molar-refractivity contribution is 6.31. The Hall–Kier alpha value is -2.91. The Morgan fingerprint density at radius 3 is 2.57 bits per heavy atom. The molecule has 1 N–H and O–H groups in total. The highest BCUT2D eigenvalue weighted by Crippen LogP contribution is 2.38. The number of carbonyl (C=O) groups is 1. The Morgan fingerprint density at radius 2 is 1.81 bits per heavy atom. The molecule has 0 spiro atoms. The molecule has 2 atom stereocenters. The lowest BCUT2D eigenvalue weighted by Gasteiger charge is -2.36. The second-order valence-corrected chi connectivity index (χ2v) is 11.9. The van der Waals surface area contributed by atoms with Crippen LogP contribution in [0.5, 0.6) is 5.75 Å². The molecule has 1 saturated carbocycles. The molecule has 226 valence electrons. The van der Waals surface area contributed by atoms with E-state index >= 15 is 0 Å². The van der Waals surface area contributed by atoms with Gasteiger partial charge in [0, 0.05) is 63.5 Å². The van der Waals surface area contributed by atoms with Crippen LogP contribution < -0.4 is 15.6 Å². The van der Waals surface area contributed by atoms with Gasteiger partial charge in [-0.1, -0.05) is 23.7 Å². The number of nitrogens with zero attached hydrogens (tertiary/aromatic N) is 2. The molecule has 1 aliphatic carbocycles. The normalized spacial score (nSPS) is 18.8. The Morgan fingerprint density at radius 1 is 1.02 bits per heavy atom. The predicted molar refractivity (Wildman–Crippen MR) is 165 cm³/mol. The maximum Gasteiger partial charge on any atom is 0.251 e. The summed E-state index contributed by atoms with van der Waals surface area (Å²) in [4.78, 5) is 29.5. The number of aryl methyl sites for hydroxylation is 2. The Bertz CT molecular complexity index is 1430. The van der Waals surface area contributed by atoms with Crippen molar-refractivity contribution >= 4 is 28.4 Å². The molecule has 9 heteroatoms. The molecule has 0 radical (unpaired) electrons. The van der Waals surface area contributed by atoms with E-state index in [4.69, 9.17) is 25.8 Å². The minimum Gasteiger partial charge on any atom is -0.491 e. The Balaban J connectivity index is 1.44. The number of halogens is 1. The van der Waals surface area contributed by atoms with E-state index in [2.05, 4.69) is 22.3 Å². The highest BCUT2D eigenvalue weighted by Gasteiger charge is 2.40. The van der Waals surface area contributed by atoms with Gasteiger partial charge < -0.3 is 29.0 Å². The third-order valence-electron chi connectivity index (χ3n) is 8.46. The fraction of sp³-hybridized carbons (Fsp3) is 0.515. The molecule has 5 rings (SSSR count). The van der Waals surface area contributed by atoms with E-state index < -0.39 is 0 Å². The lowest BCUT2D eigenvalue weighted by atomic mass is 9.79. The first kappa shape index (κ1) is 30.5. The van der Waals surface area contributed by atoms with Crippen molar-refractivity contribution in [2.75, 3.05) is 47.1 Å². The molecule has 3 aromatic rings. The van der Waals surface area contributed by atoms with Crippen molar-refractivity contribution in [3.05, 3.63) is 74.5 Å². The number of rotatable bonds is 13. The van der Waals surface area contributed by atoms with Crippen LogP contribution in [0, 0.1) is 5.92 Å². The number of amides is 1. The SMILES string of the molecule is COCCCc1cc(CN(C(=O)C2CNCCC2c2cc(=O)n(C)c3cc(Cl)ccc23)C2CC2)cc(OCCOC)c1. The number of hydrogen-bond donors (Lipinski definition) is 1. The molecule has 1 aromatic heterocycles. The number of nitrogens with one attached hydrogen (secondary N) is 1. The van der Waals surface area contributed by atoms with E-state index in [1.807, 2.05) is 24.3 Å².